The fraction of sp³-hybridized carbons (Fsp3) is 0.167. The van der Waals surface area contributed by atoms with Crippen molar-refractivity contribution in [2.45, 2.75) is 11.2 Å². The summed E-state index contributed by atoms with van der Waals surface area (Å²) in [6, 6.07) is 1.68. The Bertz CT molecular complexity index is 488. The highest BCUT2D eigenvalue weighted by atomic mass is 127. The zero-order valence-corrected chi connectivity index (χ0v) is 10.4. The average molecular weight is 372 g/mol. The van der Waals surface area contributed by atoms with Gasteiger partial charge in [-0.15, -0.1) is 0 Å². The van der Waals surface area contributed by atoms with Crippen molar-refractivity contribution in [2.24, 2.45) is 0 Å². The summed E-state index contributed by atoms with van der Waals surface area (Å²) in [5.41, 5.74) is -1.36. The lowest BCUT2D eigenvalue weighted by molar-refractivity contribution is -0.140. The average Bonchev–Trinajstić information content (AvgIpc) is 2.00. The maximum absolute atomic E-state index is 12.3. The summed E-state index contributed by atoms with van der Waals surface area (Å²) in [6.45, 7) is 0. The minimum atomic E-state index is -4.80. The first kappa shape index (κ1) is 13.0. The van der Waals surface area contributed by atoms with Crippen LogP contribution in [-0.4, -0.2) is 13.4 Å². The molecule has 0 aliphatic rings. The van der Waals surface area contributed by atoms with Gasteiger partial charge in [-0.3, -0.25) is 0 Å². The molecular weight excluding hydrogens is 369 g/mol. The fourth-order valence-electron chi connectivity index (χ4n) is 0.819. The molecule has 0 N–H and O–H groups in total. The number of rotatable bonds is 1. The Balaban J connectivity index is 3.55. The molecule has 15 heavy (non-hydrogen) atoms. The molecule has 0 aromatic carbocycles. The predicted octanol–water partition coefficient (Wildman–Crippen LogP) is 2.63. The van der Waals surface area contributed by atoms with Crippen molar-refractivity contribution in [3.05, 3.63) is 21.4 Å². The Labute approximate surface area is 101 Å². The molecule has 1 aromatic rings. The van der Waals surface area contributed by atoms with Gasteiger partial charge in [0.15, 0.2) is 5.03 Å². The molecular formula is C6H2ClF3INO2S. The van der Waals surface area contributed by atoms with E-state index < -0.39 is 25.8 Å². The van der Waals surface area contributed by atoms with Crippen molar-refractivity contribution < 1.29 is 21.6 Å². The molecule has 0 atom stereocenters. The summed E-state index contributed by atoms with van der Waals surface area (Å²) in [7, 11) is 0.345. The third-order valence-electron chi connectivity index (χ3n) is 1.36. The van der Waals surface area contributed by atoms with Crippen LogP contribution in [0.25, 0.3) is 0 Å². The Morgan fingerprint density at radius 2 is 1.87 bits per heavy atom. The first-order chi connectivity index (χ1) is 6.62. The Morgan fingerprint density at radius 1 is 1.33 bits per heavy atom. The molecule has 0 amide bonds. The molecule has 1 rings (SSSR count). The van der Waals surface area contributed by atoms with Gasteiger partial charge in [0.2, 0.25) is 0 Å². The van der Waals surface area contributed by atoms with Crippen molar-refractivity contribution in [1.29, 1.82) is 0 Å². The van der Waals surface area contributed by atoms with Crippen LogP contribution in [0.3, 0.4) is 0 Å². The molecule has 9 heteroatoms. The minimum absolute atomic E-state index is 0.111. The molecule has 0 radical (unpaired) electrons. The molecule has 1 aromatic heterocycles. The minimum Gasteiger partial charge on any atom is -0.228 e. The van der Waals surface area contributed by atoms with Gasteiger partial charge in [-0.1, -0.05) is 0 Å². The third-order valence-corrected chi connectivity index (χ3v) is 3.18. The van der Waals surface area contributed by atoms with Crippen LogP contribution < -0.4 is 0 Å². The highest BCUT2D eigenvalue weighted by Gasteiger charge is 2.37. The van der Waals surface area contributed by atoms with Crippen LogP contribution in [0.15, 0.2) is 17.2 Å². The van der Waals surface area contributed by atoms with Crippen molar-refractivity contribution in [2.75, 3.05) is 0 Å². The van der Waals surface area contributed by atoms with Crippen LogP contribution in [-0.2, 0) is 15.2 Å². The first-order valence-corrected chi connectivity index (χ1v) is 6.69. The van der Waals surface area contributed by atoms with Gasteiger partial charge in [-0.05, 0) is 34.7 Å². The normalized spacial score (nSPS) is 12.9. The highest BCUT2D eigenvalue weighted by Crippen LogP contribution is 2.34. The molecule has 0 aliphatic carbocycles. The van der Waals surface area contributed by atoms with E-state index >= 15 is 0 Å². The van der Waals surface area contributed by atoms with E-state index in [0.717, 1.165) is 6.07 Å². The summed E-state index contributed by atoms with van der Waals surface area (Å²) >= 11 is 1.59. The van der Waals surface area contributed by atoms with Gasteiger partial charge in [-0.2, -0.15) is 13.2 Å². The largest absolute Gasteiger partial charge is 0.419 e. The number of hydrogen-bond acceptors (Lipinski definition) is 3. The van der Waals surface area contributed by atoms with Gasteiger partial charge in [0.05, 0.1) is 5.56 Å². The molecule has 0 unspecified atom stereocenters. The van der Waals surface area contributed by atoms with Crippen LogP contribution >= 0.6 is 33.3 Å². The molecule has 0 spiro atoms. The predicted molar refractivity (Wildman–Crippen MR) is 55.0 cm³/mol. The summed E-state index contributed by atoms with van der Waals surface area (Å²) in [5.74, 6) is 0. The van der Waals surface area contributed by atoms with Gasteiger partial charge in [-0.25, -0.2) is 13.4 Å². The van der Waals surface area contributed by atoms with Gasteiger partial charge in [0.25, 0.3) is 9.05 Å². The summed E-state index contributed by atoms with van der Waals surface area (Å²) < 4.78 is 58.8. The van der Waals surface area contributed by atoms with Gasteiger partial charge in [0.1, 0.15) is 3.70 Å². The monoisotopic (exact) mass is 371 g/mol. The lowest BCUT2D eigenvalue weighted by Crippen LogP contribution is -2.12. The molecule has 3 nitrogen and oxygen atoms in total. The molecule has 84 valence electrons. The van der Waals surface area contributed by atoms with Gasteiger partial charge in [0, 0.05) is 10.7 Å². The van der Waals surface area contributed by atoms with E-state index in [9.17, 15) is 21.6 Å². The Kier molecular flexibility index (Phi) is 3.51. The van der Waals surface area contributed by atoms with Crippen LogP contribution in [0.4, 0.5) is 13.2 Å². The highest BCUT2D eigenvalue weighted by molar-refractivity contribution is 14.1. The molecule has 0 saturated carbocycles. The Morgan fingerprint density at radius 3 is 2.27 bits per heavy atom. The Hall–Kier alpha value is -0.0900. The van der Waals surface area contributed by atoms with E-state index in [2.05, 4.69) is 4.98 Å². The van der Waals surface area contributed by atoms with Crippen LogP contribution in [0.2, 0.25) is 0 Å². The smallest absolute Gasteiger partial charge is 0.228 e. The van der Waals surface area contributed by atoms with E-state index in [0.29, 0.717) is 6.07 Å². The molecule has 0 fully saturated rings. The van der Waals surface area contributed by atoms with Crippen LogP contribution in [0.1, 0.15) is 5.56 Å². The van der Waals surface area contributed by atoms with Crippen LogP contribution in [0, 0.1) is 3.70 Å². The van der Waals surface area contributed by atoms with Gasteiger partial charge >= 0.3 is 6.18 Å². The van der Waals surface area contributed by atoms with E-state index in [1.807, 2.05) is 0 Å². The quantitative estimate of drug-likeness (QED) is 0.433. The number of halogens is 5. The SMILES string of the molecule is O=S(=O)(Cl)c1nc(I)ccc1C(F)(F)F. The topological polar surface area (TPSA) is 47.0 Å². The number of alkyl halides is 3. The second-order valence-electron chi connectivity index (χ2n) is 2.42. The standard InChI is InChI=1S/C6H2ClF3INO2S/c7-15(13,14)5-3(6(8,9)10)1-2-4(11)12-5/h1-2H. The van der Waals surface area contributed by atoms with Crippen LogP contribution in [0.5, 0.6) is 0 Å². The van der Waals surface area contributed by atoms with E-state index in [-0.39, 0.29) is 3.70 Å². The number of aromatic nitrogens is 1. The van der Waals surface area contributed by atoms with E-state index in [1.54, 1.807) is 22.6 Å². The fourth-order valence-corrected chi connectivity index (χ4v) is 2.41. The second kappa shape index (κ2) is 4.06. The first-order valence-electron chi connectivity index (χ1n) is 3.31. The lowest BCUT2D eigenvalue weighted by atomic mass is 10.3. The molecule has 1 heterocycles. The van der Waals surface area contributed by atoms with E-state index in [4.69, 9.17) is 10.7 Å². The maximum atomic E-state index is 12.3. The van der Waals surface area contributed by atoms with Crippen molar-refractivity contribution >= 4 is 42.3 Å². The molecule has 0 saturated heterocycles. The molecule has 0 aliphatic heterocycles. The maximum Gasteiger partial charge on any atom is 0.419 e. The number of pyridine rings is 1. The zero-order valence-electron chi connectivity index (χ0n) is 6.72. The third kappa shape index (κ3) is 3.18. The van der Waals surface area contributed by atoms with Crippen molar-refractivity contribution in [3.8, 4) is 0 Å². The van der Waals surface area contributed by atoms with Crippen molar-refractivity contribution in [1.82, 2.24) is 4.98 Å². The second-order valence-corrected chi connectivity index (χ2v) is 6.01. The zero-order chi connectivity index (χ0) is 11.9. The summed E-state index contributed by atoms with van der Waals surface area (Å²) in [6.07, 6.45) is -4.80. The van der Waals surface area contributed by atoms with Crippen molar-refractivity contribution in [3.63, 3.8) is 0 Å². The number of nitrogens with zero attached hydrogens (tertiary/aromatic N) is 1. The summed E-state index contributed by atoms with van der Waals surface area (Å²) in [5, 5.41) is -1.16. The molecule has 0 bridgehead atoms. The lowest BCUT2D eigenvalue weighted by Gasteiger charge is -2.09. The summed E-state index contributed by atoms with van der Waals surface area (Å²) in [4.78, 5) is 3.26. The number of hydrogen-bond donors (Lipinski definition) is 0. The van der Waals surface area contributed by atoms with Gasteiger partial charge < -0.3 is 0 Å². The van der Waals surface area contributed by atoms with E-state index in [1.165, 1.54) is 0 Å².